The van der Waals surface area contributed by atoms with Crippen molar-refractivity contribution in [2.75, 3.05) is 0 Å². The van der Waals surface area contributed by atoms with Crippen LogP contribution in [0, 0.1) is 0 Å². The van der Waals surface area contributed by atoms with Crippen LogP contribution in [0.15, 0.2) is 74.5 Å². The van der Waals surface area contributed by atoms with Crippen LogP contribution in [0.5, 0.6) is 0 Å². The smallest absolute Gasteiger partial charge is 0.407 e. The van der Waals surface area contributed by atoms with Crippen LogP contribution in [0.2, 0.25) is 0 Å². The number of aromatic nitrogens is 1. The third kappa shape index (κ3) is 2.39. The van der Waals surface area contributed by atoms with Gasteiger partial charge in [-0.15, -0.1) is 0 Å². The molecule has 0 atom stereocenters. The summed E-state index contributed by atoms with van der Waals surface area (Å²) in [7, 11) is 0. The van der Waals surface area contributed by atoms with E-state index in [4.69, 9.17) is 4.42 Å². The fourth-order valence-corrected chi connectivity index (χ4v) is 2.12. The number of nitrogens with zero attached hydrogens (tertiary/aromatic N) is 1. The van der Waals surface area contributed by atoms with Crippen LogP contribution in [0.25, 0.3) is 17.0 Å². The second-order valence-corrected chi connectivity index (χ2v) is 4.99. The van der Waals surface area contributed by atoms with Crippen LogP contribution in [-0.4, -0.2) is 4.57 Å². The molecule has 1 heterocycles. The van der Waals surface area contributed by atoms with E-state index in [0.717, 1.165) is 15.7 Å². The first-order chi connectivity index (χ1) is 9.24. The third-order valence-corrected chi connectivity index (χ3v) is 3.33. The van der Waals surface area contributed by atoms with Crippen LogP contribution >= 0.6 is 15.9 Å². The molecule has 0 aliphatic carbocycles. The van der Waals surface area contributed by atoms with E-state index >= 15 is 0 Å². The van der Waals surface area contributed by atoms with E-state index in [1.807, 2.05) is 54.6 Å². The SMILES string of the molecule is O=c1oc(-c2ccccc2)cn1-c1ccc(Br)cc1. The van der Waals surface area contributed by atoms with Gasteiger partial charge in [0.05, 0.1) is 11.9 Å². The van der Waals surface area contributed by atoms with Crippen molar-refractivity contribution in [3.8, 4) is 17.0 Å². The summed E-state index contributed by atoms with van der Waals surface area (Å²) in [6, 6.07) is 17.0. The van der Waals surface area contributed by atoms with Gasteiger partial charge in [0, 0.05) is 10.0 Å². The molecule has 0 amide bonds. The van der Waals surface area contributed by atoms with Gasteiger partial charge >= 0.3 is 5.76 Å². The maximum absolute atomic E-state index is 11.9. The third-order valence-electron chi connectivity index (χ3n) is 2.80. The molecule has 0 N–H and O–H groups in total. The first-order valence-corrected chi connectivity index (χ1v) is 6.57. The highest BCUT2D eigenvalue weighted by atomic mass is 79.9. The highest BCUT2D eigenvalue weighted by Crippen LogP contribution is 2.19. The molecule has 0 radical (unpaired) electrons. The molecule has 19 heavy (non-hydrogen) atoms. The summed E-state index contributed by atoms with van der Waals surface area (Å²) in [4.78, 5) is 11.9. The molecule has 3 rings (SSSR count). The highest BCUT2D eigenvalue weighted by molar-refractivity contribution is 9.10. The van der Waals surface area contributed by atoms with Crippen LogP contribution < -0.4 is 5.76 Å². The second kappa shape index (κ2) is 4.90. The standard InChI is InChI=1S/C15H10BrNO2/c16-12-6-8-13(9-7-12)17-10-14(19-15(17)18)11-4-2-1-3-5-11/h1-10H. The molecule has 1 aromatic heterocycles. The molecule has 4 heteroatoms. The molecule has 0 unspecified atom stereocenters. The van der Waals surface area contributed by atoms with E-state index in [1.165, 1.54) is 4.57 Å². The average molecular weight is 316 g/mol. The lowest BCUT2D eigenvalue weighted by molar-refractivity contribution is 0.516. The number of rotatable bonds is 2. The Labute approximate surface area is 118 Å². The lowest BCUT2D eigenvalue weighted by Crippen LogP contribution is -2.10. The van der Waals surface area contributed by atoms with Gasteiger partial charge in [0.15, 0.2) is 5.76 Å². The van der Waals surface area contributed by atoms with Gasteiger partial charge in [0.25, 0.3) is 0 Å². The minimum Gasteiger partial charge on any atom is -0.407 e. The molecule has 3 nitrogen and oxygen atoms in total. The molecule has 2 aromatic carbocycles. The van der Waals surface area contributed by atoms with E-state index in [0.29, 0.717) is 5.76 Å². The van der Waals surface area contributed by atoms with Crippen molar-refractivity contribution in [1.29, 1.82) is 0 Å². The molecule has 0 saturated heterocycles. The Morgan fingerprint density at radius 3 is 2.32 bits per heavy atom. The first kappa shape index (κ1) is 12.0. The number of hydrogen-bond donors (Lipinski definition) is 0. The van der Waals surface area contributed by atoms with Crippen molar-refractivity contribution in [3.05, 3.63) is 75.8 Å². The van der Waals surface area contributed by atoms with Gasteiger partial charge in [0.1, 0.15) is 0 Å². The topological polar surface area (TPSA) is 35.1 Å². The molecular weight excluding hydrogens is 306 g/mol. The summed E-state index contributed by atoms with van der Waals surface area (Å²) in [5.74, 6) is 0.176. The Hall–Kier alpha value is -2.07. The van der Waals surface area contributed by atoms with Gasteiger partial charge in [-0.05, 0) is 24.3 Å². The monoisotopic (exact) mass is 315 g/mol. The Balaban J connectivity index is 2.08. The average Bonchev–Trinajstić information content (AvgIpc) is 2.83. The van der Waals surface area contributed by atoms with E-state index in [9.17, 15) is 4.79 Å². The Kier molecular flexibility index (Phi) is 3.09. The summed E-state index contributed by atoms with van der Waals surface area (Å²) in [6.07, 6.45) is 1.71. The molecule has 0 aliphatic rings. The fraction of sp³-hybridized carbons (Fsp3) is 0. The van der Waals surface area contributed by atoms with Crippen molar-refractivity contribution < 1.29 is 4.42 Å². The van der Waals surface area contributed by atoms with Crippen molar-refractivity contribution in [3.63, 3.8) is 0 Å². The number of benzene rings is 2. The lowest BCUT2D eigenvalue weighted by Gasteiger charge is -1.99. The van der Waals surface area contributed by atoms with Gasteiger partial charge in [-0.1, -0.05) is 46.3 Å². The van der Waals surface area contributed by atoms with Gasteiger partial charge in [-0.2, -0.15) is 0 Å². The van der Waals surface area contributed by atoms with Gasteiger partial charge in [-0.3, -0.25) is 0 Å². The molecule has 94 valence electrons. The summed E-state index contributed by atoms with van der Waals surface area (Å²) in [5, 5.41) is 0. The zero-order valence-corrected chi connectivity index (χ0v) is 11.5. The van der Waals surface area contributed by atoms with E-state index in [-0.39, 0.29) is 5.76 Å². The maximum Gasteiger partial charge on any atom is 0.424 e. The zero-order valence-electron chi connectivity index (χ0n) is 9.92. The summed E-state index contributed by atoms with van der Waals surface area (Å²) < 4.78 is 7.74. The molecule has 0 aliphatic heterocycles. The van der Waals surface area contributed by atoms with Crippen LogP contribution in [0.1, 0.15) is 0 Å². The lowest BCUT2D eigenvalue weighted by atomic mass is 10.2. The van der Waals surface area contributed by atoms with Gasteiger partial charge in [0.2, 0.25) is 0 Å². The molecule has 0 spiro atoms. The molecule has 0 saturated carbocycles. The minimum absolute atomic E-state index is 0.388. The van der Waals surface area contributed by atoms with E-state index in [1.54, 1.807) is 6.20 Å². The van der Waals surface area contributed by atoms with Crippen molar-refractivity contribution in [1.82, 2.24) is 4.57 Å². The van der Waals surface area contributed by atoms with Gasteiger partial charge in [-0.25, -0.2) is 9.36 Å². The molecular formula is C15H10BrNO2. The zero-order chi connectivity index (χ0) is 13.2. The summed E-state index contributed by atoms with van der Waals surface area (Å²) in [5.41, 5.74) is 1.66. The number of halogens is 1. The second-order valence-electron chi connectivity index (χ2n) is 4.07. The van der Waals surface area contributed by atoms with Crippen molar-refractivity contribution in [2.24, 2.45) is 0 Å². The van der Waals surface area contributed by atoms with Gasteiger partial charge < -0.3 is 4.42 Å². The van der Waals surface area contributed by atoms with E-state index < -0.39 is 0 Å². The number of hydrogen-bond acceptors (Lipinski definition) is 2. The Morgan fingerprint density at radius 1 is 0.947 bits per heavy atom. The quantitative estimate of drug-likeness (QED) is 0.719. The first-order valence-electron chi connectivity index (χ1n) is 5.78. The molecule has 0 fully saturated rings. The minimum atomic E-state index is -0.388. The Morgan fingerprint density at radius 2 is 1.63 bits per heavy atom. The predicted octanol–water partition coefficient (Wildman–Crippen LogP) is 3.86. The predicted molar refractivity (Wildman–Crippen MR) is 77.4 cm³/mol. The largest absolute Gasteiger partial charge is 0.424 e. The van der Waals surface area contributed by atoms with Crippen LogP contribution in [-0.2, 0) is 0 Å². The summed E-state index contributed by atoms with van der Waals surface area (Å²) in [6.45, 7) is 0. The highest BCUT2D eigenvalue weighted by Gasteiger charge is 2.09. The fourth-order valence-electron chi connectivity index (χ4n) is 1.86. The van der Waals surface area contributed by atoms with Crippen molar-refractivity contribution >= 4 is 15.9 Å². The Bertz CT molecular complexity index is 742. The molecule has 0 bridgehead atoms. The molecule has 3 aromatic rings. The van der Waals surface area contributed by atoms with Crippen LogP contribution in [0.3, 0.4) is 0 Å². The van der Waals surface area contributed by atoms with Crippen LogP contribution in [0.4, 0.5) is 0 Å². The normalized spacial score (nSPS) is 10.6. The maximum atomic E-state index is 11.9. The van der Waals surface area contributed by atoms with Crippen molar-refractivity contribution in [2.45, 2.75) is 0 Å². The summed E-state index contributed by atoms with van der Waals surface area (Å²) >= 11 is 3.37. The number of oxazole rings is 1. The van der Waals surface area contributed by atoms with E-state index in [2.05, 4.69) is 15.9 Å².